The number of aromatic nitrogens is 2. The zero-order chi connectivity index (χ0) is 19.3. The molecule has 0 unspecified atom stereocenters. The molecule has 0 aliphatic carbocycles. The van der Waals surface area contributed by atoms with Crippen molar-refractivity contribution in [3.05, 3.63) is 80.5 Å². The number of hydrogen-bond donors (Lipinski definition) is 0. The molecule has 7 heteroatoms. The minimum Gasteiger partial charge on any atom is -0.274 e. The largest absolute Gasteiger partial charge is 0.333 e. The summed E-state index contributed by atoms with van der Waals surface area (Å²) in [6.45, 7) is 3.23. The number of nitrogens with zero attached hydrogens (tertiary/aromatic N) is 3. The van der Waals surface area contributed by atoms with Crippen molar-refractivity contribution in [3.8, 4) is 0 Å². The van der Waals surface area contributed by atoms with Crippen LogP contribution in [0.15, 0.2) is 58.1 Å². The second kappa shape index (κ2) is 6.05. The summed E-state index contributed by atoms with van der Waals surface area (Å²) in [6.07, 6.45) is 0. The summed E-state index contributed by atoms with van der Waals surface area (Å²) in [4.78, 5) is 52.1. The van der Waals surface area contributed by atoms with Gasteiger partial charge in [-0.15, -0.1) is 0 Å². The van der Waals surface area contributed by atoms with Crippen molar-refractivity contribution in [2.24, 2.45) is 0 Å². The lowest BCUT2D eigenvalue weighted by atomic mass is 10.1. The van der Waals surface area contributed by atoms with Gasteiger partial charge in [0, 0.05) is 6.04 Å². The molecule has 0 atom stereocenters. The van der Waals surface area contributed by atoms with Gasteiger partial charge in [0.05, 0.1) is 22.0 Å². The minimum absolute atomic E-state index is 0.251. The van der Waals surface area contributed by atoms with E-state index in [0.717, 1.165) is 9.47 Å². The molecule has 0 N–H and O–H groups in total. The van der Waals surface area contributed by atoms with E-state index in [9.17, 15) is 19.2 Å². The first kappa shape index (κ1) is 17.0. The van der Waals surface area contributed by atoms with E-state index in [1.54, 1.807) is 62.4 Å². The molecule has 1 aliphatic heterocycles. The number of imide groups is 1. The van der Waals surface area contributed by atoms with Gasteiger partial charge < -0.3 is 0 Å². The normalized spacial score (nSPS) is 13.7. The van der Waals surface area contributed by atoms with Gasteiger partial charge in [0.2, 0.25) is 0 Å². The van der Waals surface area contributed by atoms with E-state index in [2.05, 4.69) is 0 Å². The molecule has 3 aromatic rings. The van der Waals surface area contributed by atoms with E-state index in [0.29, 0.717) is 22.0 Å². The fourth-order valence-electron chi connectivity index (χ4n) is 3.44. The first-order valence-electron chi connectivity index (χ1n) is 8.61. The summed E-state index contributed by atoms with van der Waals surface area (Å²) in [6, 6.07) is 12.9. The van der Waals surface area contributed by atoms with Crippen LogP contribution in [0.5, 0.6) is 0 Å². The van der Waals surface area contributed by atoms with Crippen molar-refractivity contribution in [2.45, 2.75) is 26.6 Å². The number of carbonyl (C=O) groups is 2. The van der Waals surface area contributed by atoms with Crippen LogP contribution < -0.4 is 11.2 Å². The van der Waals surface area contributed by atoms with Gasteiger partial charge in [-0.3, -0.25) is 28.4 Å². The van der Waals surface area contributed by atoms with Crippen molar-refractivity contribution in [1.29, 1.82) is 0 Å². The van der Waals surface area contributed by atoms with Crippen LogP contribution in [0.4, 0.5) is 0 Å². The topological polar surface area (TPSA) is 81.4 Å². The highest BCUT2D eigenvalue weighted by Gasteiger charge is 2.35. The standard InChI is InChI=1S/C20H17N3O4/c1-12(2)23-19(26)15-9-5-6-10-16(15)21(20(23)27)11-22-17(24)13-7-3-4-8-14(13)18(22)25/h3-10,12H,11H2,1-2H3. The number of fused-ring (bicyclic) bond motifs is 2. The molecule has 0 bridgehead atoms. The number of para-hydroxylation sites is 1. The second-order valence-corrected chi connectivity index (χ2v) is 6.72. The average molecular weight is 363 g/mol. The van der Waals surface area contributed by atoms with E-state index >= 15 is 0 Å². The quantitative estimate of drug-likeness (QED) is 0.667. The average Bonchev–Trinajstić information content (AvgIpc) is 2.90. The van der Waals surface area contributed by atoms with Gasteiger partial charge in [0.25, 0.3) is 17.4 Å². The first-order valence-corrected chi connectivity index (χ1v) is 8.61. The molecule has 0 spiro atoms. The highest BCUT2D eigenvalue weighted by molar-refractivity contribution is 6.21. The molecule has 4 rings (SSSR count). The Morgan fingerprint density at radius 3 is 1.96 bits per heavy atom. The van der Waals surface area contributed by atoms with Gasteiger partial charge in [-0.25, -0.2) is 4.79 Å². The minimum atomic E-state index is -0.551. The predicted octanol–water partition coefficient (Wildman–Crippen LogP) is 2.00. The molecule has 2 amide bonds. The predicted molar refractivity (Wildman–Crippen MR) is 99.8 cm³/mol. The van der Waals surface area contributed by atoms with Gasteiger partial charge in [-0.2, -0.15) is 0 Å². The van der Waals surface area contributed by atoms with Crippen LogP contribution in [0.1, 0.15) is 40.6 Å². The van der Waals surface area contributed by atoms with E-state index in [1.165, 1.54) is 4.57 Å². The summed E-state index contributed by atoms with van der Waals surface area (Å²) >= 11 is 0. The molecule has 0 radical (unpaired) electrons. The molecule has 0 saturated heterocycles. The zero-order valence-electron chi connectivity index (χ0n) is 14.9. The van der Waals surface area contributed by atoms with Crippen LogP contribution in [-0.2, 0) is 6.67 Å². The Bertz CT molecular complexity index is 1180. The Morgan fingerprint density at radius 2 is 1.37 bits per heavy atom. The van der Waals surface area contributed by atoms with Gasteiger partial charge >= 0.3 is 5.69 Å². The summed E-state index contributed by atoms with van der Waals surface area (Å²) in [7, 11) is 0. The highest BCUT2D eigenvalue weighted by atomic mass is 16.2. The van der Waals surface area contributed by atoms with Gasteiger partial charge in [0.1, 0.15) is 6.67 Å². The maximum absolute atomic E-state index is 13.0. The molecule has 136 valence electrons. The molecule has 1 aliphatic rings. The molecule has 1 aromatic heterocycles. The Morgan fingerprint density at radius 1 is 0.815 bits per heavy atom. The van der Waals surface area contributed by atoms with Gasteiger partial charge in [0.15, 0.2) is 0 Å². The Hall–Kier alpha value is -3.48. The first-order chi connectivity index (χ1) is 12.9. The van der Waals surface area contributed by atoms with E-state index in [4.69, 9.17) is 0 Å². The summed E-state index contributed by atoms with van der Waals surface area (Å²) in [5, 5.41) is 0.363. The second-order valence-electron chi connectivity index (χ2n) is 6.72. The van der Waals surface area contributed by atoms with Crippen molar-refractivity contribution >= 4 is 22.7 Å². The van der Waals surface area contributed by atoms with Crippen molar-refractivity contribution in [1.82, 2.24) is 14.0 Å². The third-order valence-electron chi connectivity index (χ3n) is 4.76. The molecule has 7 nitrogen and oxygen atoms in total. The van der Waals surface area contributed by atoms with Crippen LogP contribution in [-0.4, -0.2) is 25.8 Å². The third kappa shape index (κ3) is 2.43. The smallest absolute Gasteiger partial charge is 0.274 e. The number of carbonyl (C=O) groups excluding carboxylic acids is 2. The van der Waals surface area contributed by atoms with Gasteiger partial charge in [-0.05, 0) is 38.1 Å². The lowest BCUT2D eigenvalue weighted by Crippen LogP contribution is -2.44. The Labute approximate surface area is 154 Å². The zero-order valence-corrected chi connectivity index (χ0v) is 14.9. The summed E-state index contributed by atoms with van der Waals surface area (Å²) in [5.74, 6) is -0.900. The lowest BCUT2D eigenvalue weighted by Gasteiger charge is -2.20. The fraction of sp³-hybridized carbons (Fsp3) is 0.200. The van der Waals surface area contributed by atoms with Crippen LogP contribution in [0.3, 0.4) is 0 Å². The number of rotatable bonds is 3. The SMILES string of the molecule is CC(C)n1c(=O)c2ccccc2n(CN2C(=O)c3ccccc3C2=O)c1=O. The molecule has 0 fully saturated rings. The molecular formula is C20H17N3O4. The maximum Gasteiger partial charge on any atom is 0.333 e. The van der Waals surface area contributed by atoms with Crippen molar-refractivity contribution in [2.75, 3.05) is 0 Å². The Kier molecular flexibility index (Phi) is 3.80. The monoisotopic (exact) mass is 363 g/mol. The number of amides is 2. The van der Waals surface area contributed by atoms with Gasteiger partial charge in [-0.1, -0.05) is 24.3 Å². The van der Waals surface area contributed by atoms with Crippen molar-refractivity contribution < 1.29 is 9.59 Å². The molecule has 2 heterocycles. The Balaban J connectivity index is 1.91. The maximum atomic E-state index is 13.0. The third-order valence-corrected chi connectivity index (χ3v) is 4.76. The summed E-state index contributed by atoms with van der Waals surface area (Å²) in [5.41, 5.74) is 0.0875. The van der Waals surface area contributed by atoms with Crippen LogP contribution in [0.2, 0.25) is 0 Å². The molecule has 2 aromatic carbocycles. The highest BCUT2D eigenvalue weighted by Crippen LogP contribution is 2.23. The van der Waals surface area contributed by atoms with E-state index in [-0.39, 0.29) is 18.3 Å². The number of hydrogen-bond acceptors (Lipinski definition) is 4. The molecule has 27 heavy (non-hydrogen) atoms. The van der Waals surface area contributed by atoms with Crippen LogP contribution >= 0.6 is 0 Å². The van der Waals surface area contributed by atoms with Crippen molar-refractivity contribution in [3.63, 3.8) is 0 Å². The van der Waals surface area contributed by atoms with E-state index < -0.39 is 17.5 Å². The summed E-state index contributed by atoms with van der Waals surface area (Å²) < 4.78 is 2.44. The molecular weight excluding hydrogens is 346 g/mol. The lowest BCUT2D eigenvalue weighted by molar-refractivity contribution is 0.0605. The van der Waals surface area contributed by atoms with Crippen LogP contribution in [0.25, 0.3) is 10.9 Å². The van der Waals surface area contributed by atoms with Crippen LogP contribution in [0, 0.1) is 0 Å². The van der Waals surface area contributed by atoms with E-state index in [1.807, 2.05) is 0 Å². The molecule has 0 saturated carbocycles. The fourth-order valence-corrected chi connectivity index (χ4v) is 3.44. The number of benzene rings is 2.